The van der Waals surface area contributed by atoms with E-state index in [1.165, 1.54) is 24.4 Å². The Bertz CT molecular complexity index is 1240. The second kappa shape index (κ2) is 11.4. The van der Waals surface area contributed by atoms with Crippen LogP contribution in [0.3, 0.4) is 0 Å². The summed E-state index contributed by atoms with van der Waals surface area (Å²) in [5, 5.41) is 3.53. The van der Waals surface area contributed by atoms with Crippen LogP contribution in [0.5, 0.6) is 0 Å². The highest BCUT2D eigenvalue weighted by Crippen LogP contribution is 2.36. The molecule has 4 rings (SSSR count). The third-order valence-corrected chi connectivity index (χ3v) is 6.43. The van der Waals surface area contributed by atoms with E-state index < -0.39 is 17.8 Å². The molecule has 0 saturated carbocycles. The van der Waals surface area contributed by atoms with Gasteiger partial charge in [0, 0.05) is 29.2 Å². The third-order valence-electron chi connectivity index (χ3n) is 5.97. The number of hydrogen-bond acceptors (Lipinski definition) is 4. The fraction of sp³-hybridized carbons (Fsp3) is 0.269. The number of rotatable bonds is 6. The van der Waals surface area contributed by atoms with Gasteiger partial charge in [-0.2, -0.15) is 13.2 Å². The molecule has 2 aromatic heterocycles. The van der Waals surface area contributed by atoms with Crippen LogP contribution in [0.2, 0.25) is 10.2 Å². The smallest absolute Gasteiger partial charge is 0.320 e. The number of carbonyl (C=O) groups excluding carboxylic acids is 1. The van der Waals surface area contributed by atoms with Crippen LogP contribution in [0.1, 0.15) is 46.1 Å². The van der Waals surface area contributed by atoms with Crippen molar-refractivity contribution in [1.29, 1.82) is 0 Å². The topological polar surface area (TPSA) is 58.1 Å². The van der Waals surface area contributed by atoms with Crippen LogP contribution < -0.4 is 5.32 Å². The van der Waals surface area contributed by atoms with Crippen molar-refractivity contribution in [2.24, 2.45) is 0 Å². The number of pyridine rings is 2. The first-order valence-corrected chi connectivity index (χ1v) is 12.1. The molecule has 0 bridgehead atoms. The van der Waals surface area contributed by atoms with Gasteiger partial charge in [-0.3, -0.25) is 9.69 Å². The number of nitrogens with one attached hydrogen (secondary N) is 1. The standard InChI is InChI=1S/C26H23Cl2F3N4O/c27-20-5-3-17(4-6-20)2-1-13-35-14-10-18(11-15-35)24-21(7-8-22(34-24)26(29,30)31)33-25(36)19-9-12-32-23(28)16-19/h1-9,12,16,18H,10-11,13-15H2,(H,33,36). The molecule has 0 spiro atoms. The molecular formula is C26H23Cl2F3N4O. The normalized spacial score (nSPS) is 15.4. The number of hydrogen-bond donors (Lipinski definition) is 1. The van der Waals surface area contributed by atoms with E-state index in [0.717, 1.165) is 18.2 Å². The quantitative estimate of drug-likeness (QED) is 0.347. The fourth-order valence-corrected chi connectivity index (χ4v) is 4.39. The average molecular weight is 535 g/mol. The summed E-state index contributed by atoms with van der Waals surface area (Å²) < 4.78 is 40.2. The van der Waals surface area contributed by atoms with Crippen molar-refractivity contribution in [2.45, 2.75) is 24.9 Å². The minimum absolute atomic E-state index is 0.144. The van der Waals surface area contributed by atoms with Crippen LogP contribution in [0, 0.1) is 0 Å². The summed E-state index contributed by atoms with van der Waals surface area (Å²) in [4.78, 5) is 22.7. The van der Waals surface area contributed by atoms with Gasteiger partial charge in [0.1, 0.15) is 10.8 Å². The minimum atomic E-state index is -4.58. The Morgan fingerprint density at radius 1 is 1.08 bits per heavy atom. The Hall–Kier alpha value is -2.94. The SMILES string of the molecule is O=C(Nc1ccc(C(F)(F)F)nc1C1CCN(CC=Cc2ccc(Cl)cc2)CC1)c1ccnc(Cl)c1. The summed E-state index contributed by atoms with van der Waals surface area (Å²) in [7, 11) is 0. The molecule has 1 fully saturated rings. The van der Waals surface area contributed by atoms with Gasteiger partial charge in [-0.15, -0.1) is 0 Å². The van der Waals surface area contributed by atoms with Crippen molar-refractivity contribution in [3.63, 3.8) is 0 Å². The lowest BCUT2D eigenvalue weighted by Crippen LogP contribution is -2.33. The number of halogens is 5. The monoisotopic (exact) mass is 534 g/mol. The van der Waals surface area contributed by atoms with E-state index in [-0.39, 0.29) is 28.0 Å². The summed E-state index contributed by atoms with van der Waals surface area (Å²) in [5.74, 6) is -0.716. The van der Waals surface area contributed by atoms with E-state index in [1.807, 2.05) is 30.3 Å². The highest BCUT2D eigenvalue weighted by Gasteiger charge is 2.34. The van der Waals surface area contributed by atoms with Crippen molar-refractivity contribution < 1.29 is 18.0 Å². The van der Waals surface area contributed by atoms with Crippen LogP contribution in [0.15, 0.2) is 60.8 Å². The third kappa shape index (κ3) is 6.84. The summed E-state index contributed by atoms with van der Waals surface area (Å²) in [6.07, 6.45) is 2.11. The van der Waals surface area contributed by atoms with Gasteiger partial charge in [0.05, 0.1) is 11.4 Å². The Morgan fingerprint density at radius 2 is 1.81 bits per heavy atom. The highest BCUT2D eigenvalue weighted by atomic mass is 35.5. The number of benzene rings is 1. The van der Waals surface area contributed by atoms with Gasteiger partial charge in [0.2, 0.25) is 0 Å². The zero-order valence-electron chi connectivity index (χ0n) is 19.1. The van der Waals surface area contributed by atoms with Crippen LogP contribution in [-0.4, -0.2) is 40.4 Å². The van der Waals surface area contributed by atoms with Gasteiger partial charge in [0.25, 0.3) is 5.91 Å². The molecule has 0 unspecified atom stereocenters. The first-order valence-electron chi connectivity index (χ1n) is 11.3. The number of carbonyl (C=O) groups is 1. The molecule has 1 saturated heterocycles. The number of piperidine rings is 1. The van der Waals surface area contributed by atoms with E-state index in [1.54, 1.807) is 0 Å². The first-order chi connectivity index (χ1) is 17.2. The molecule has 1 aliphatic rings. The number of nitrogens with zero attached hydrogens (tertiary/aromatic N) is 3. The predicted molar refractivity (Wildman–Crippen MR) is 135 cm³/mol. The van der Waals surface area contributed by atoms with E-state index in [0.29, 0.717) is 31.0 Å². The highest BCUT2D eigenvalue weighted by molar-refractivity contribution is 6.30. The second-order valence-corrected chi connectivity index (χ2v) is 9.30. The van der Waals surface area contributed by atoms with Gasteiger partial charge >= 0.3 is 6.18 Å². The van der Waals surface area contributed by atoms with Crippen LogP contribution >= 0.6 is 23.2 Å². The van der Waals surface area contributed by atoms with Crippen molar-refractivity contribution in [3.05, 3.63) is 93.5 Å². The number of alkyl halides is 3. The molecule has 1 aromatic carbocycles. The molecule has 3 heterocycles. The first kappa shape index (κ1) is 26.1. The maximum atomic E-state index is 13.4. The molecule has 1 aliphatic heterocycles. The molecule has 0 aliphatic carbocycles. The van der Waals surface area contributed by atoms with Gasteiger partial charge < -0.3 is 5.32 Å². The second-order valence-electron chi connectivity index (χ2n) is 8.48. The molecule has 36 heavy (non-hydrogen) atoms. The molecule has 0 atom stereocenters. The molecule has 188 valence electrons. The van der Waals surface area contributed by atoms with E-state index in [2.05, 4.69) is 26.3 Å². The summed E-state index contributed by atoms with van der Waals surface area (Å²) >= 11 is 11.8. The Kier molecular flexibility index (Phi) is 8.28. The summed E-state index contributed by atoms with van der Waals surface area (Å²) in [6, 6.07) is 12.5. The maximum Gasteiger partial charge on any atom is 0.433 e. The average Bonchev–Trinajstić information content (AvgIpc) is 2.85. The number of aromatic nitrogens is 2. The van der Waals surface area contributed by atoms with Gasteiger partial charge in [-0.25, -0.2) is 9.97 Å². The van der Waals surface area contributed by atoms with E-state index in [9.17, 15) is 18.0 Å². The maximum absolute atomic E-state index is 13.4. The summed E-state index contributed by atoms with van der Waals surface area (Å²) in [6.45, 7) is 2.11. The molecule has 5 nitrogen and oxygen atoms in total. The number of anilines is 1. The predicted octanol–water partition coefficient (Wildman–Crippen LogP) is 6.95. The van der Waals surface area contributed by atoms with Crippen LogP contribution in [0.4, 0.5) is 18.9 Å². The van der Waals surface area contributed by atoms with E-state index >= 15 is 0 Å². The number of likely N-dealkylation sites (tertiary alicyclic amines) is 1. The molecule has 1 amide bonds. The van der Waals surface area contributed by atoms with Gasteiger partial charge in [-0.1, -0.05) is 47.5 Å². The largest absolute Gasteiger partial charge is 0.433 e. The lowest BCUT2D eigenvalue weighted by molar-refractivity contribution is -0.141. The minimum Gasteiger partial charge on any atom is -0.320 e. The zero-order chi connectivity index (χ0) is 25.7. The summed E-state index contributed by atoms with van der Waals surface area (Å²) in [5.41, 5.74) is 0.828. The molecule has 10 heteroatoms. The lowest BCUT2D eigenvalue weighted by atomic mass is 9.91. The van der Waals surface area contributed by atoms with Crippen molar-refractivity contribution in [2.75, 3.05) is 25.0 Å². The van der Waals surface area contributed by atoms with Crippen molar-refractivity contribution in [1.82, 2.24) is 14.9 Å². The molecule has 0 radical (unpaired) electrons. The van der Waals surface area contributed by atoms with Crippen molar-refractivity contribution >= 4 is 40.9 Å². The zero-order valence-corrected chi connectivity index (χ0v) is 20.6. The van der Waals surface area contributed by atoms with E-state index in [4.69, 9.17) is 23.2 Å². The Balaban J connectivity index is 1.46. The van der Waals surface area contributed by atoms with Crippen LogP contribution in [-0.2, 0) is 6.18 Å². The Morgan fingerprint density at radius 3 is 2.47 bits per heavy atom. The Labute approximate surface area is 217 Å². The van der Waals surface area contributed by atoms with Crippen LogP contribution in [0.25, 0.3) is 6.08 Å². The molecular weight excluding hydrogens is 512 g/mol. The number of amides is 1. The molecule has 1 N–H and O–H groups in total. The molecule has 3 aromatic rings. The fourth-order valence-electron chi connectivity index (χ4n) is 4.09. The van der Waals surface area contributed by atoms with Gasteiger partial charge in [0.15, 0.2) is 0 Å². The van der Waals surface area contributed by atoms with Gasteiger partial charge in [-0.05, 0) is 67.9 Å². The lowest BCUT2D eigenvalue weighted by Gasteiger charge is -2.32. The van der Waals surface area contributed by atoms with Crippen molar-refractivity contribution in [3.8, 4) is 0 Å².